The summed E-state index contributed by atoms with van der Waals surface area (Å²) in [4.78, 5) is 29.7. The fourth-order valence-electron chi connectivity index (χ4n) is 3.38. The molecule has 2 aromatic rings. The minimum absolute atomic E-state index is 0.0832. The second-order valence-electron chi connectivity index (χ2n) is 7.32. The van der Waals surface area contributed by atoms with Crippen LogP contribution in [0.3, 0.4) is 0 Å². The Balaban J connectivity index is 1.68. The molecule has 0 saturated carbocycles. The molecule has 0 aliphatic heterocycles. The monoisotopic (exact) mass is 479 g/mol. The first-order valence-electron chi connectivity index (χ1n) is 9.89. The van der Waals surface area contributed by atoms with Crippen LogP contribution in [0.2, 0.25) is 0 Å². The van der Waals surface area contributed by atoms with Crippen LogP contribution in [-0.2, 0) is 11.3 Å². The lowest BCUT2D eigenvalue weighted by Crippen LogP contribution is -2.29. The molecule has 1 heterocycles. The summed E-state index contributed by atoms with van der Waals surface area (Å²) in [5.74, 6) is 0.0908. The van der Waals surface area contributed by atoms with Crippen molar-refractivity contribution in [1.82, 2.24) is 14.9 Å². The predicted molar refractivity (Wildman–Crippen MR) is 120 cm³/mol. The van der Waals surface area contributed by atoms with E-state index < -0.39 is 6.10 Å². The zero-order chi connectivity index (χ0) is 20.8. The Morgan fingerprint density at radius 1 is 1.41 bits per heavy atom. The van der Waals surface area contributed by atoms with Crippen molar-refractivity contribution in [3.05, 3.63) is 44.7 Å². The molecule has 1 aliphatic carbocycles. The molecule has 1 aliphatic rings. The quantitative estimate of drug-likeness (QED) is 0.343. The van der Waals surface area contributed by atoms with E-state index in [1.165, 1.54) is 34.7 Å². The fourth-order valence-corrected chi connectivity index (χ4v) is 4.58. The van der Waals surface area contributed by atoms with E-state index in [1.54, 1.807) is 19.1 Å². The lowest BCUT2D eigenvalue weighted by atomic mass is 9.97. The Kier molecular flexibility index (Phi) is 7.91. The predicted octanol–water partition coefficient (Wildman–Crippen LogP) is 3.64. The summed E-state index contributed by atoms with van der Waals surface area (Å²) in [5, 5.41) is 13.7. The minimum atomic E-state index is -0.698. The molecule has 1 aromatic carbocycles. The Morgan fingerprint density at radius 3 is 2.97 bits per heavy atom. The third kappa shape index (κ3) is 6.17. The number of amides is 1. The SMILES string of the molecule is C[C@H](O)Cn1c(SCC(=O)NCCC2=CCCCC2)nc2ccc(Br)cc2c1=O. The molecule has 1 aromatic heterocycles. The van der Waals surface area contributed by atoms with Gasteiger partial charge in [0.25, 0.3) is 5.56 Å². The maximum absolute atomic E-state index is 12.9. The van der Waals surface area contributed by atoms with E-state index in [9.17, 15) is 14.7 Å². The number of aromatic nitrogens is 2. The van der Waals surface area contributed by atoms with Crippen molar-refractivity contribution >= 4 is 44.5 Å². The van der Waals surface area contributed by atoms with Crippen molar-refractivity contribution in [1.29, 1.82) is 0 Å². The van der Waals surface area contributed by atoms with Gasteiger partial charge in [-0.1, -0.05) is 39.3 Å². The number of fused-ring (bicyclic) bond motifs is 1. The number of thioether (sulfide) groups is 1. The van der Waals surface area contributed by atoms with Gasteiger partial charge in [0.05, 0.1) is 29.3 Å². The topological polar surface area (TPSA) is 84.2 Å². The normalized spacial score (nSPS) is 15.2. The van der Waals surface area contributed by atoms with Crippen molar-refractivity contribution in [3.8, 4) is 0 Å². The Hall–Kier alpha value is -1.64. The number of aliphatic hydroxyl groups is 1. The van der Waals surface area contributed by atoms with Crippen LogP contribution in [-0.4, -0.2) is 39.0 Å². The number of nitrogens with zero attached hydrogens (tertiary/aromatic N) is 2. The largest absolute Gasteiger partial charge is 0.392 e. The van der Waals surface area contributed by atoms with E-state index in [0.717, 1.165) is 23.7 Å². The van der Waals surface area contributed by atoms with Gasteiger partial charge in [0.1, 0.15) is 0 Å². The fraction of sp³-hybridized carbons (Fsp3) is 0.476. The van der Waals surface area contributed by atoms with Gasteiger partial charge in [-0.05, 0) is 57.2 Å². The highest BCUT2D eigenvalue weighted by Gasteiger charge is 2.15. The Labute approximate surface area is 182 Å². The number of hydrogen-bond acceptors (Lipinski definition) is 5. The summed E-state index contributed by atoms with van der Waals surface area (Å²) in [6.07, 6.45) is 7.26. The lowest BCUT2D eigenvalue weighted by molar-refractivity contribution is -0.118. The van der Waals surface area contributed by atoms with E-state index in [-0.39, 0.29) is 23.8 Å². The average molecular weight is 480 g/mol. The van der Waals surface area contributed by atoms with Crippen molar-refractivity contribution in [2.75, 3.05) is 12.3 Å². The Morgan fingerprint density at radius 2 is 2.24 bits per heavy atom. The van der Waals surface area contributed by atoms with E-state index in [0.29, 0.717) is 22.6 Å². The number of carbonyl (C=O) groups is 1. The van der Waals surface area contributed by atoms with Crippen LogP contribution in [0.25, 0.3) is 10.9 Å². The first-order chi connectivity index (χ1) is 13.9. The lowest BCUT2D eigenvalue weighted by Gasteiger charge is -2.15. The van der Waals surface area contributed by atoms with Gasteiger partial charge in [0, 0.05) is 11.0 Å². The third-order valence-corrected chi connectivity index (χ3v) is 6.28. The van der Waals surface area contributed by atoms with Crippen molar-refractivity contribution in [3.63, 3.8) is 0 Å². The van der Waals surface area contributed by atoms with E-state index in [1.807, 2.05) is 6.07 Å². The molecule has 0 saturated heterocycles. The van der Waals surface area contributed by atoms with Gasteiger partial charge >= 0.3 is 0 Å². The molecule has 6 nitrogen and oxygen atoms in total. The highest BCUT2D eigenvalue weighted by molar-refractivity contribution is 9.10. The first-order valence-corrected chi connectivity index (χ1v) is 11.7. The van der Waals surface area contributed by atoms with Crippen LogP contribution < -0.4 is 10.9 Å². The molecular formula is C21H26BrN3O3S. The standard InChI is InChI=1S/C21H26BrN3O3S/c1-14(26)12-25-20(28)17-11-16(22)7-8-18(17)24-21(25)29-13-19(27)23-10-9-15-5-3-2-4-6-15/h5,7-8,11,14,26H,2-4,6,9-10,12-13H2,1H3,(H,23,27)/t14-/m0/s1. The molecule has 1 amide bonds. The molecule has 0 bridgehead atoms. The van der Waals surface area contributed by atoms with E-state index >= 15 is 0 Å². The van der Waals surface area contributed by atoms with Crippen LogP contribution >= 0.6 is 27.7 Å². The zero-order valence-electron chi connectivity index (χ0n) is 16.5. The molecule has 3 rings (SSSR count). The zero-order valence-corrected chi connectivity index (χ0v) is 18.9. The molecular weight excluding hydrogens is 454 g/mol. The Bertz CT molecular complexity index is 972. The number of allylic oxidation sites excluding steroid dienone is 1. The van der Waals surface area contributed by atoms with Crippen LogP contribution in [0, 0.1) is 0 Å². The number of nitrogens with one attached hydrogen (secondary N) is 1. The molecule has 0 spiro atoms. The van der Waals surface area contributed by atoms with E-state index in [2.05, 4.69) is 32.3 Å². The number of carbonyl (C=O) groups excluding carboxylic acids is 1. The molecule has 1 atom stereocenters. The molecule has 2 N–H and O–H groups in total. The van der Waals surface area contributed by atoms with Crippen LogP contribution in [0.1, 0.15) is 39.0 Å². The highest BCUT2D eigenvalue weighted by atomic mass is 79.9. The van der Waals surface area contributed by atoms with Crippen molar-refractivity contribution < 1.29 is 9.90 Å². The maximum Gasteiger partial charge on any atom is 0.262 e. The number of halogens is 1. The highest BCUT2D eigenvalue weighted by Crippen LogP contribution is 2.21. The summed E-state index contributed by atoms with van der Waals surface area (Å²) < 4.78 is 2.24. The van der Waals surface area contributed by atoms with Gasteiger partial charge in [-0.25, -0.2) is 4.98 Å². The number of benzene rings is 1. The van der Waals surface area contributed by atoms with Crippen molar-refractivity contribution in [2.24, 2.45) is 0 Å². The van der Waals surface area contributed by atoms with Gasteiger partial charge in [-0.2, -0.15) is 0 Å². The van der Waals surface area contributed by atoms with Crippen LogP contribution in [0.15, 0.2) is 44.3 Å². The van der Waals surface area contributed by atoms with Gasteiger partial charge < -0.3 is 10.4 Å². The number of rotatable bonds is 8. The second kappa shape index (κ2) is 10.4. The van der Waals surface area contributed by atoms with Gasteiger partial charge in [0.15, 0.2) is 5.16 Å². The molecule has 0 radical (unpaired) electrons. The molecule has 156 valence electrons. The minimum Gasteiger partial charge on any atom is -0.392 e. The van der Waals surface area contributed by atoms with E-state index in [4.69, 9.17) is 0 Å². The number of hydrogen-bond donors (Lipinski definition) is 2. The summed E-state index contributed by atoms with van der Waals surface area (Å²) in [7, 11) is 0. The van der Waals surface area contributed by atoms with Crippen LogP contribution in [0.4, 0.5) is 0 Å². The second-order valence-corrected chi connectivity index (χ2v) is 9.18. The van der Waals surface area contributed by atoms with Gasteiger partial charge in [0.2, 0.25) is 5.91 Å². The summed E-state index contributed by atoms with van der Waals surface area (Å²) in [6, 6.07) is 5.33. The van der Waals surface area contributed by atoms with Gasteiger partial charge in [-0.3, -0.25) is 14.2 Å². The smallest absolute Gasteiger partial charge is 0.262 e. The summed E-state index contributed by atoms with van der Waals surface area (Å²) in [6.45, 7) is 2.38. The third-order valence-electron chi connectivity index (χ3n) is 4.81. The first kappa shape index (κ1) is 22.1. The van der Waals surface area contributed by atoms with Crippen molar-refractivity contribution in [2.45, 2.75) is 56.8 Å². The number of aliphatic hydroxyl groups excluding tert-OH is 1. The average Bonchev–Trinajstić information content (AvgIpc) is 2.70. The molecule has 0 unspecified atom stereocenters. The maximum atomic E-state index is 12.9. The van der Waals surface area contributed by atoms with Crippen LogP contribution in [0.5, 0.6) is 0 Å². The molecule has 0 fully saturated rings. The molecule has 8 heteroatoms. The summed E-state index contributed by atoms with van der Waals surface area (Å²) >= 11 is 4.59. The summed E-state index contributed by atoms with van der Waals surface area (Å²) in [5.41, 5.74) is 1.79. The van der Waals surface area contributed by atoms with Gasteiger partial charge in [-0.15, -0.1) is 0 Å². The molecule has 29 heavy (non-hydrogen) atoms.